The molecular formula is C46H50N4O7S. The van der Waals surface area contributed by atoms with E-state index in [4.69, 9.17) is 14.2 Å². The maximum atomic E-state index is 14.5. The number of nitrogens with zero attached hydrogens (tertiary/aromatic N) is 2. The number of hydrogen-bond donors (Lipinski definition) is 2. The second-order valence-electron chi connectivity index (χ2n) is 15.3. The van der Waals surface area contributed by atoms with Gasteiger partial charge >= 0.3 is 12.1 Å². The molecule has 0 radical (unpaired) electrons. The van der Waals surface area contributed by atoms with E-state index in [0.29, 0.717) is 54.2 Å². The maximum absolute atomic E-state index is 14.5. The Morgan fingerprint density at radius 2 is 1.53 bits per heavy atom. The molecule has 0 spiro atoms. The van der Waals surface area contributed by atoms with E-state index in [1.54, 1.807) is 61.3 Å². The van der Waals surface area contributed by atoms with Gasteiger partial charge in [-0.1, -0.05) is 48.5 Å². The van der Waals surface area contributed by atoms with Crippen molar-refractivity contribution in [1.82, 2.24) is 15.2 Å². The second kappa shape index (κ2) is 18.5. The van der Waals surface area contributed by atoms with Crippen LogP contribution in [0.4, 0.5) is 10.5 Å². The Labute approximate surface area is 343 Å². The molecule has 3 aromatic carbocycles. The van der Waals surface area contributed by atoms with Crippen LogP contribution in [-0.2, 0) is 22.4 Å². The number of nitrogens with one attached hydrogen (secondary N) is 2. The average molecular weight is 803 g/mol. The Hall–Kier alpha value is -6.01. The predicted octanol–water partition coefficient (Wildman–Crippen LogP) is 9.41. The Bertz CT molecular complexity index is 2240. The minimum atomic E-state index is -0.728. The number of methoxy groups -OCH3 is 1. The minimum absolute atomic E-state index is 0.0704. The van der Waals surface area contributed by atoms with Crippen molar-refractivity contribution in [3.63, 3.8) is 0 Å². The number of thiophene rings is 1. The molecule has 0 aliphatic carbocycles. The van der Waals surface area contributed by atoms with Crippen molar-refractivity contribution in [2.75, 3.05) is 32.1 Å². The average Bonchev–Trinajstić information content (AvgIpc) is 3.62. The van der Waals surface area contributed by atoms with Gasteiger partial charge in [0, 0.05) is 58.9 Å². The number of alkyl carbamates (subject to hydrolysis) is 1. The number of pyridine rings is 1. The molecule has 0 saturated carbocycles. The van der Waals surface area contributed by atoms with E-state index in [2.05, 4.69) is 21.7 Å². The summed E-state index contributed by atoms with van der Waals surface area (Å²) in [6, 6.07) is 24.7. The Morgan fingerprint density at radius 1 is 0.862 bits per heavy atom. The maximum Gasteiger partial charge on any atom is 0.407 e. The molecule has 11 nitrogen and oxygen atoms in total. The van der Waals surface area contributed by atoms with Gasteiger partial charge in [-0.15, -0.1) is 11.3 Å². The fraction of sp³-hybridized carbons (Fsp3) is 0.326. The number of carbonyl (C=O) groups excluding carboxylic acids is 4. The van der Waals surface area contributed by atoms with Crippen LogP contribution in [0.2, 0.25) is 0 Å². The molecular weight excluding hydrogens is 753 g/mol. The van der Waals surface area contributed by atoms with Crippen LogP contribution in [0.25, 0.3) is 21.6 Å². The lowest BCUT2D eigenvalue weighted by Crippen LogP contribution is -2.36. The number of piperidine rings is 1. The minimum Gasteiger partial charge on any atom is -0.493 e. The zero-order valence-electron chi connectivity index (χ0n) is 33.9. The van der Waals surface area contributed by atoms with Crippen LogP contribution in [0.5, 0.6) is 5.75 Å². The highest BCUT2D eigenvalue weighted by molar-refractivity contribution is 7.13. The van der Waals surface area contributed by atoms with E-state index >= 15 is 0 Å². The van der Waals surface area contributed by atoms with Gasteiger partial charge in [-0.25, -0.2) is 14.6 Å². The molecule has 1 saturated heterocycles. The molecule has 7 rings (SSSR count). The van der Waals surface area contributed by atoms with E-state index in [9.17, 15) is 19.2 Å². The summed E-state index contributed by atoms with van der Waals surface area (Å²) in [6.45, 7) is 11.2. The highest BCUT2D eigenvalue weighted by Crippen LogP contribution is 2.43. The summed E-state index contributed by atoms with van der Waals surface area (Å²) >= 11 is 1.57. The van der Waals surface area contributed by atoms with Gasteiger partial charge in [0.2, 0.25) is 0 Å². The van der Waals surface area contributed by atoms with Gasteiger partial charge < -0.3 is 29.7 Å². The third-order valence-electron chi connectivity index (χ3n) is 9.74. The van der Waals surface area contributed by atoms with Crippen molar-refractivity contribution in [3.05, 3.63) is 123 Å². The highest BCUT2D eigenvalue weighted by Gasteiger charge is 2.29. The SMILES string of the molecule is COC(=O)c1nc(C(=O)N2CCCCC2)ccc1-c1cc2c(cc1C(=O)Nc1c(C)cc(CNC(=O)OC(C)(C)C)cc1C)-c1sccc1CCO2.c1ccccc1. The van der Waals surface area contributed by atoms with Crippen LogP contribution in [0, 0.1) is 13.8 Å². The first-order valence-corrected chi connectivity index (χ1v) is 20.4. The number of likely N-dealkylation sites (tertiary alicyclic amines) is 1. The summed E-state index contributed by atoms with van der Waals surface area (Å²) in [5.41, 5.74) is 5.46. The number of anilines is 1. The summed E-state index contributed by atoms with van der Waals surface area (Å²) in [6.07, 6.45) is 3.09. The molecule has 58 heavy (non-hydrogen) atoms. The summed E-state index contributed by atoms with van der Waals surface area (Å²) in [5, 5.41) is 7.93. The quantitative estimate of drug-likeness (QED) is 0.156. The Balaban J connectivity index is 0.000000865. The monoisotopic (exact) mass is 802 g/mol. The first-order valence-electron chi connectivity index (χ1n) is 19.5. The van der Waals surface area contributed by atoms with Gasteiger partial charge in [-0.2, -0.15) is 0 Å². The molecule has 5 aromatic rings. The van der Waals surface area contributed by atoms with Crippen LogP contribution in [-0.4, -0.2) is 66.2 Å². The van der Waals surface area contributed by atoms with Crippen molar-refractivity contribution in [3.8, 4) is 27.3 Å². The number of aromatic nitrogens is 1. The van der Waals surface area contributed by atoms with Gasteiger partial charge in [0.25, 0.3) is 11.8 Å². The third kappa shape index (κ3) is 10.1. The number of amides is 3. The van der Waals surface area contributed by atoms with Crippen LogP contribution in [0.1, 0.15) is 93.6 Å². The van der Waals surface area contributed by atoms with Crippen molar-refractivity contribution in [2.45, 2.75) is 72.4 Å². The topological polar surface area (TPSA) is 136 Å². The molecule has 12 heteroatoms. The molecule has 2 aliphatic rings. The van der Waals surface area contributed by atoms with E-state index in [1.807, 2.05) is 67.8 Å². The second-order valence-corrected chi connectivity index (χ2v) is 16.2. The summed E-state index contributed by atoms with van der Waals surface area (Å²) in [5.74, 6) is -0.810. The normalized spacial score (nSPS) is 13.3. The molecule has 4 heterocycles. The van der Waals surface area contributed by atoms with E-state index in [1.165, 1.54) is 7.11 Å². The van der Waals surface area contributed by atoms with Gasteiger partial charge in [-0.05, 0) is 112 Å². The number of hydrogen-bond acceptors (Lipinski definition) is 9. The Kier molecular flexibility index (Phi) is 13.3. The van der Waals surface area contributed by atoms with Crippen molar-refractivity contribution in [1.29, 1.82) is 0 Å². The molecule has 0 bridgehead atoms. The van der Waals surface area contributed by atoms with E-state index in [0.717, 1.165) is 52.0 Å². The zero-order chi connectivity index (χ0) is 41.4. The summed E-state index contributed by atoms with van der Waals surface area (Å²) < 4.78 is 16.7. The number of esters is 1. The lowest BCUT2D eigenvalue weighted by Gasteiger charge is -2.26. The van der Waals surface area contributed by atoms with Crippen LogP contribution in [0.15, 0.2) is 84.2 Å². The fourth-order valence-corrected chi connectivity index (χ4v) is 8.02. The van der Waals surface area contributed by atoms with Gasteiger partial charge in [0.05, 0.1) is 13.7 Å². The molecule has 302 valence electrons. The van der Waals surface area contributed by atoms with Gasteiger partial charge in [-0.3, -0.25) is 9.59 Å². The molecule has 0 atom stereocenters. The van der Waals surface area contributed by atoms with Crippen LogP contribution in [0.3, 0.4) is 0 Å². The van der Waals surface area contributed by atoms with Crippen molar-refractivity contribution < 1.29 is 33.4 Å². The van der Waals surface area contributed by atoms with Gasteiger partial charge in [0.1, 0.15) is 17.0 Å². The van der Waals surface area contributed by atoms with Crippen LogP contribution < -0.4 is 15.4 Å². The molecule has 3 amide bonds. The van der Waals surface area contributed by atoms with Crippen molar-refractivity contribution >= 4 is 40.9 Å². The lowest BCUT2D eigenvalue weighted by atomic mass is 9.93. The smallest absolute Gasteiger partial charge is 0.407 e. The molecule has 0 unspecified atom stereocenters. The van der Waals surface area contributed by atoms with Gasteiger partial charge in [0.15, 0.2) is 5.69 Å². The molecule has 2 aromatic heterocycles. The van der Waals surface area contributed by atoms with Crippen LogP contribution >= 0.6 is 11.3 Å². The largest absolute Gasteiger partial charge is 0.493 e. The number of ether oxygens (including phenoxy) is 3. The number of aryl methyl sites for hydroxylation is 2. The number of fused-ring (bicyclic) bond motifs is 3. The summed E-state index contributed by atoms with van der Waals surface area (Å²) in [4.78, 5) is 60.8. The summed E-state index contributed by atoms with van der Waals surface area (Å²) in [7, 11) is 1.26. The Morgan fingerprint density at radius 3 is 2.17 bits per heavy atom. The first kappa shape index (κ1) is 41.6. The number of benzene rings is 3. The molecule has 1 fully saturated rings. The lowest BCUT2D eigenvalue weighted by molar-refractivity contribution is 0.0521. The predicted molar refractivity (Wildman–Crippen MR) is 227 cm³/mol. The van der Waals surface area contributed by atoms with E-state index < -0.39 is 23.6 Å². The number of rotatable bonds is 7. The third-order valence-corrected chi connectivity index (χ3v) is 10.7. The number of carbonyl (C=O) groups is 4. The highest BCUT2D eigenvalue weighted by atomic mass is 32.1. The van der Waals surface area contributed by atoms with Crippen molar-refractivity contribution in [2.24, 2.45) is 0 Å². The standard InChI is InChI=1S/C40H44N4O7S.C6H6/c1-23-18-25(22-41-39(48)51-40(3,4)5)19-24(2)33(23)43-36(45)29-20-30-32(50-16-12-26-13-17-52-35(26)30)21-28(29)27-10-11-31(42-34(27)38(47)49-6)37(46)44-14-8-7-9-15-44;1-2-4-6-5-3-1/h10-11,13,17-21H,7-9,12,14-16,22H2,1-6H3,(H,41,48)(H,43,45);1-6H. The first-order chi connectivity index (χ1) is 27.8. The molecule has 2 aliphatic heterocycles. The fourth-order valence-electron chi connectivity index (χ4n) is 7.04. The molecule has 2 N–H and O–H groups in total. The zero-order valence-corrected chi connectivity index (χ0v) is 34.7. The van der Waals surface area contributed by atoms with E-state index in [-0.39, 0.29) is 23.8 Å².